The summed E-state index contributed by atoms with van der Waals surface area (Å²) in [5.74, 6) is 0.715. The van der Waals surface area contributed by atoms with Crippen LogP contribution in [0.15, 0.2) is 99.4 Å². The highest BCUT2D eigenvalue weighted by Crippen LogP contribution is 2.36. The van der Waals surface area contributed by atoms with E-state index in [1.54, 1.807) is 42.4 Å². The van der Waals surface area contributed by atoms with Crippen LogP contribution < -0.4 is 4.74 Å². The molecule has 42 heavy (non-hydrogen) atoms. The second-order valence-corrected chi connectivity index (χ2v) is 10.8. The number of ether oxygens (including phenoxy) is 1. The average Bonchev–Trinajstić information content (AvgIpc) is 3.70. The van der Waals surface area contributed by atoms with E-state index in [1.807, 2.05) is 61.7 Å². The van der Waals surface area contributed by atoms with E-state index in [0.717, 1.165) is 33.3 Å². The van der Waals surface area contributed by atoms with Gasteiger partial charge in [-0.25, -0.2) is 9.79 Å². The Hall–Kier alpha value is -5.02. The number of carbonyl (C=O) groups is 2. The molecular formula is C33H27N3O5S. The second kappa shape index (κ2) is 11.5. The molecule has 5 aromatic rings. The van der Waals surface area contributed by atoms with Crippen molar-refractivity contribution in [2.75, 3.05) is 13.7 Å². The number of nitrogens with one attached hydrogen (secondary N) is 1. The molecule has 8 nitrogen and oxygen atoms in total. The Balaban J connectivity index is 1.29. The maximum absolute atomic E-state index is 13.7. The van der Waals surface area contributed by atoms with Crippen molar-refractivity contribution in [1.29, 1.82) is 0 Å². The number of methoxy groups -OCH3 is 1. The molecule has 1 aliphatic heterocycles. The topological polar surface area (TPSA) is 108 Å². The number of nitrogens with zero attached hydrogens (tertiary/aromatic N) is 2. The van der Waals surface area contributed by atoms with Crippen LogP contribution in [0, 0.1) is 6.92 Å². The number of aromatic nitrogens is 1. The van der Waals surface area contributed by atoms with Crippen LogP contribution in [0.4, 0.5) is 5.69 Å². The van der Waals surface area contributed by atoms with Crippen molar-refractivity contribution < 1.29 is 23.8 Å². The number of fused-ring (bicyclic) bond motifs is 1. The highest BCUT2D eigenvalue weighted by atomic mass is 32.2. The lowest BCUT2D eigenvalue weighted by Crippen LogP contribution is -2.31. The molecule has 6 rings (SSSR count). The molecule has 0 atom stereocenters. The van der Waals surface area contributed by atoms with Gasteiger partial charge in [-0.05, 0) is 90.8 Å². The van der Waals surface area contributed by atoms with Crippen LogP contribution in [0.2, 0.25) is 0 Å². The van der Waals surface area contributed by atoms with Crippen molar-refractivity contribution in [1.82, 2.24) is 9.88 Å². The Morgan fingerprint density at radius 1 is 1.10 bits per heavy atom. The number of amides is 1. The molecule has 0 aliphatic carbocycles. The molecule has 2 N–H and O–H groups in total. The molecule has 1 amide bonds. The summed E-state index contributed by atoms with van der Waals surface area (Å²) < 4.78 is 11.3. The van der Waals surface area contributed by atoms with Gasteiger partial charge in [-0.1, -0.05) is 24.3 Å². The zero-order valence-corrected chi connectivity index (χ0v) is 23.8. The molecule has 1 fully saturated rings. The second-order valence-electron chi connectivity index (χ2n) is 9.81. The lowest BCUT2D eigenvalue weighted by Gasteiger charge is -2.15. The number of para-hydroxylation sites is 1. The number of aliphatic imine (C=N–C) groups is 1. The summed E-state index contributed by atoms with van der Waals surface area (Å²) in [7, 11) is 1.61. The Bertz CT molecular complexity index is 1870. The van der Waals surface area contributed by atoms with E-state index in [-0.39, 0.29) is 11.5 Å². The molecule has 1 saturated heterocycles. The van der Waals surface area contributed by atoms with Crippen LogP contribution in [0.25, 0.3) is 28.3 Å². The SMILES string of the molecule is COc1ccc(N=C2SC(=Cc3ccc(-c4ccc(C(=O)O)cc4C)o3)C(=O)N2CCc2c[nH]c3ccccc23)cc1. The van der Waals surface area contributed by atoms with Crippen LogP contribution in [0.1, 0.15) is 27.2 Å². The normalized spacial score (nSPS) is 15.3. The third-order valence-corrected chi connectivity index (χ3v) is 8.11. The molecule has 210 valence electrons. The third kappa shape index (κ3) is 5.46. The third-order valence-electron chi connectivity index (χ3n) is 7.10. The number of amidine groups is 1. The molecule has 1 aliphatic rings. The highest BCUT2D eigenvalue weighted by Gasteiger charge is 2.33. The number of carboxylic acid groups (broad SMARTS) is 1. The predicted molar refractivity (Wildman–Crippen MR) is 165 cm³/mol. The number of carboxylic acids is 1. The first kappa shape index (κ1) is 27.2. The van der Waals surface area contributed by atoms with E-state index in [2.05, 4.69) is 11.1 Å². The molecule has 9 heteroatoms. The van der Waals surface area contributed by atoms with E-state index in [9.17, 15) is 14.7 Å². The molecule has 0 spiro atoms. The fourth-order valence-corrected chi connectivity index (χ4v) is 5.91. The summed E-state index contributed by atoms with van der Waals surface area (Å²) in [6.07, 6.45) is 4.37. The quantitative estimate of drug-likeness (QED) is 0.188. The fourth-order valence-electron chi connectivity index (χ4n) is 4.90. The van der Waals surface area contributed by atoms with Crippen LogP contribution in [0.3, 0.4) is 0 Å². The molecule has 0 unspecified atom stereocenters. The van der Waals surface area contributed by atoms with Crippen molar-refractivity contribution in [2.24, 2.45) is 4.99 Å². The van der Waals surface area contributed by atoms with Crippen LogP contribution in [-0.2, 0) is 11.2 Å². The average molecular weight is 578 g/mol. The lowest BCUT2D eigenvalue weighted by molar-refractivity contribution is -0.122. The standard InChI is InChI=1S/C33H27N3O5S/c1-20-17-21(32(38)39)7-13-26(20)29-14-12-25(41-29)18-30-31(37)36(16-15-22-19-34-28-6-4-3-5-27(22)28)33(42-30)35-23-8-10-24(40-2)11-9-23/h3-14,17-19,34H,15-16H2,1-2H3,(H,38,39). The Kier molecular flexibility index (Phi) is 7.41. The van der Waals surface area contributed by atoms with Crippen molar-refractivity contribution in [2.45, 2.75) is 13.3 Å². The van der Waals surface area contributed by atoms with E-state index in [0.29, 0.717) is 40.2 Å². The Labute approximate surface area is 246 Å². The number of aryl methyl sites for hydroxylation is 1. The monoisotopic (exact) mass is 577 g/mol. The van der Waals surface area contributed by atoms with Crippen molar-refractivity contribution in [3.63, 3.8) is 0 Å². The van der Waals surface area contributed by atoms with Crippen LogP contribution >= 0.6 is 11.8 Å². The number of thioether (sulfide) groups is 1. The molecule has 2 aromatic heterocycles. The Morgan fingerprint density at radius 3 is 2.67 bits per heavy atom. The Morgan fingerprint density at radius 2 is 1.90 bits per heavy atom. The van der Waals surface area contributed by atoms with Gasteiger partial charge < -0.3 is 19.2 Å². The minimum atomic E-state index is -0.979. The molecular weight excluding hydrogens is 550 g/mol. The zero-order chi connectivity index (χ0) is 29.2. The number of rotatable bonds is 8. The predicted octanol–water partition coefficient (Wildman–Crippen LogP) is 7.29. The number of H-pyrrole nitrogens is 1. The van der Waals surface area contributed by atoms with Gasteiger partial charge >= 0.3 is 5.97 Å². The van der Waals surface area contributed by atoms with Crippen molar-refractivity contribution in [3.8, 4) is 17.1 Å². The number of hydrogen-bond donors (Lipinski definition) is 2. The number of benzene rings is 3. The van der Waals surface area contributed by atoms with Crippen molar-refractivity contribution >= 4 is 51.5 Å². The first-order valence-corrected chi connectivity index (χ1v) is 14.1. The number of aromatic amines is 1. The minimum absolute atomic E-state index is 0.146. The highest BCUT2D eigenvalue weighted by molar-refractivity contribution is 8.18. The maximum Gasteiger partial charge on any atom is 0.335 e. The van der Waals surface area contributed by atoms with E-state index in [4.69, 9.17) is 14.1 Å². The summed E-state index contributed by atoms with van der Waals surface area (Å²) in [4.78, 5) is 35.3. The van der Waals surface area contributed by atoms with E-state index < -0.39 is 5.97 Å². The van der Waals surface area contributed by atoms with Gasteiger partial charge in [-0.3, -0.25) is 9.69 Å². The van der Waals surface area contributed by atoms with Gasteiger partial charge in [-0.15, -0.1) is 0 Å². The van der Waals surface area contributed by atoms with Gasteiger partial charge in [-0.2, -0.15) is 0 Å². The van der Waals surface area contributed by atoms with Crippen LogP contribution in [0.5, 0.6) is 5.75 Å². The molecule has 3 aromatic carbocycles. The smallest absolute Gasteiger partial charge is 0.335 e. The fraction of sp³-hybridized carbons (Fsp3) is 0.121. The summed E-state index contributed by atoms with van der Waals surface area (Å²) >= 11 is 1.30. The van der Waals surface area contributed by atoms with Gasteiger partial charge in [0.25, 0.3) is 5.91 Å². The summed E-state index contributed by atoms with van der Waals surface area (Å²) in [6, 6.07) is 24.0. The van der Waals surface area contributed by atoms with Gasteiger partial charge in [0.1, 0.15) is 17.3 Å². The first-order valence-electron chi connectivity index (χ1n) is 13.3. The van der Waals surface area contributed by atoms with Gasteiger partial charge in [0.15, 0.2) is 5.17 Å². The largest absolute Gasteiger partial charge is 0.497 e. The number of hydrogen-bond acceptors (Lipinski definition) is 6. The molecule has 0 saturated carbocycles. The zero-order valence-electron chi connectivity index (χ0n) is 23.0. The van der Waals surface area contributed by atoms with Crippen LogP contribution in [-0.4, -0.2) is 45.7 Å². The molecule has 0 bridgehead atoms. The van der Waals surface area contributed by atoms with Gasteiger partial charge in [0, 0.05) is 35.3 Å². The summed E-state index contributed by atoms with van der Waals surface area (Å²) in [5.41, 5.74) is 4.69. The number of furan rings is 1. The number of aromatic carboxylic acids is 1. The number of carbonyl (C=O) groups excluding carboxylic acids is 1. The first-order chi connectivity index (χ1) is 20.4. The van der Waals surface area contributed by atoms with Gasteiger partial charge in [0.05, 0.1) is 23.3 Å². The maximum atomic E-state index is 13.7. The van der Waals surface area contributed by atoms with E-state index >= 15 is 0 Å². The minimum Gasteiger partial charge on any atom is -0.497 e. The lowest BCUT2D eigenvalue weighted by atomic mass is 10.0. The van der Waals surface area contributed by atoms with E-state index in [1.165, 1.54) is 11.8 Å². The summed E-state index contributed by atoms with van der Waals surface area (Å²) in [5, 5.41) is 11.0. The molecule has 0 radical (unpaired) electrons. The van der Waals surface area contributed by atoms with Gasteiger partial charge in [0.2, 0.25) is 0 Å². The van der Waals surface area contributed by atoms with Crippen molar-refractivity contribution in [3.05, 3.63) is 112 Å². The molecule has 3 heterocycles. The summed E-state index contributed by atoms with van der Waals surface area (Å²) in [6.45, 7) is 2.30.